The van der Waals surface area contributed by atoms with Gasteiger partial charge in [-0.15, -0.1) is 0 Å². The maximum atomic E-state index is 11.8. The zero-order valence-electron chi connectivity index (χ0n) is 15.9. The summed E-state index contributed by atoms with van der Waals surface area (Å²) in [4.78, 5) is 21.8. The summed E-state index contributed by atoms with van der Waals surface area (Å²) in [7, 11) is 0. The summed E-state index contributed by atoms with van der Waals surface area (Å²) in [6.07, 6.45) is 1.33. The summed E-state index contributed by atoms with van der Waals surface area (Å²) < 4.78 is 5.34. The van der Waals surface area contributed by atoms with Crippen LogP contribution in [0, 0.1) is 10.1 Å². The van der Waals surface area contributed by atoms with Crippen molar-refractivity contribution in [3.63, 3.8) is 0 Å². The van der Waals surface area contributed by atoms with E-state index >= 15 is 0 Å². The zero-order valence-corrected chi connectivity index (χ0v) is 15.9. The molecule has 0 aliphatic carbocycles. The third-order valence-corrected chi connectivity index (χ3v) is 4.87. The van der Waals surface area contributed by atoms with Crippen LogP contribution >= 0.6 is 0 Å². The molecule has 2 aromatic carbocycles. The van der Waals surface area contributed by atoms with Crippen LogP contribution < -0.4 is 10.6 Å². The van der Waals surface area contributed by atoms with Crippen molar-refractivity contribution >= 4 is 33.8 Å². The lowest BCUT2D eigenvalue weighted by Crippen LogP contribution is -2.39. The Labute approximate surface area is 167 Å². The van der Waals surface area contributed by atoms with Crippen LogP contribution in [0.25, 0.3) is 10.8 Å². The predicted octanol–water partition coefficient (Wildman–Crippen LogP) is 3.03. The van der Waals surface area contributed by atoms with Gasteiger partial charge in [0.2, 0.25) is 11.6 Å². The fourth-order valence-electron chi connectivity index (χ4n) is 3.39. The van der Waals surface area contributed by atoms with Crippen molar-refractivity contribution in [2.45, 2.75) is 0 Å². The Morgan fingerprint density at radius 3 is 2.66 bits per heavy atom. The lowest BCUT2D eigenvalue weighted by Gasteiger charge is -2.26. The summed E-state index contributed by atoms with van der Waals surface area (Å²) >= 11 is 0. The van der Waals surface area contributed by atoms with Gasteiger partial charge in [-0.25, -0.2) is 9.97 Å². The van der Waals surface area contributed by atoms with Crippen molar-refractivity contribution in [3.8, 4) is 0 Å². The number of nitro groups is 1. The highest BCUT2D eigenvalue weighted by molar-refractivity contribution is 5.96. The standard InChI is InChI=1S/C20H22N6O3/c27-26(28)18-19(21-8-9-25-10-12-29-13-11-25)22-14-23-20(18)24-17-7-3-5-15-4-1-2-6-16(15)17/h1-7,14H,8-13H2,(H2,21,22,23,24). The topological polar surface area (TPSA) is 105 Å². The first-order chi connectivity index (χ1) is 14.2. The molecule has 1 aliphatic rings. The summed E-state index contributed by atoms with van der Waals surface area (Å²) in [5.74, 6) is 0.372. The van der Waals surface area contributed by atoms with Crippen LogP contribution in [0.15, 0.2) is 48.8 Å². The van der Waals surface area contributed by atoms with E-state index in [-0.39, 0.29) is 17.3 Å². The maximum Gasteiger partial charge on any atom is 0.353 e. The molecule has 1 saturated heterocycles. The van der Waals surface area contributed by atoms with Crippen LogP contribution in [-0.4, -0.2) is 59.2 Å². The van der Waals surface area contributed by atoms with Crippen LogP contribution in [0.2, 0.25) is 0 Å². The van der Waals surface area contributed by atoms with Crippen molar-refractivity contribution in [2.75, 3.05) is 50.0 Å². The molecule has 4 rings (SSSR count). The molecular formula is C20H22N6O3. The third kappa shape index (κ3) is 4.41. The highest BCUT2D eigenvalue weighted by atomic mass is 16.6. The van der Waals surface area contributed by atoms with Gasteiger partial charge < -0.3 is 15.4 Å². The van der Waals surface area contributed by atoms with Gasteiger partial charge in [0.25, 0.3) is 0 Å². The summed E-state index contributed by atoms with van der Waals surface area (Å²) in [5, 5.41) is 20.0. The number of fused-ring (bicyclic) bond motifs is 1. The molecule has 1 aliphatic heterocycles. The molecule has 0 unspecified atom stereocenters. The summed E-state index contributed by atoms with van der Waals surface area (Å²) in [6.45, 7) is 4.46. The van der Waals surface area contributed by atoms with Gasteiger partial charge in [-0.3, -0.25) is 15.0 Å². The largest absolute Gasteiger partial charge is 0.379 e. The van der Waals surface area contributed by atoms with Gasteiger partial charge in [-0.1, -0.05) is 36.4 Å². The highest BCUT2D eigenvalue weighted by Gasteiger charge is 2.23. The van der Waals surface area contributed by atoms with Gasteiger partial charge in [0.05, 0.1) is 18.1 Å². The number of rotatable bonds is 7. The Morgan fingerprint density at radius 2 is 1.83 bits per heavy atom. The van der Waals surface area contributed by atoms with Crippen molar-refractivity contribution < 1.29 is 9.66 Å². The number of hydrogen-bond donors (Lipinski definition) is 2. The highest BCUT2D eigenvalue weighted by Crippen LogP contribution is 2.33. The zero-order chi connectivity index (χ0) is 20.1. The minimum absolute atomic E-state index is 0.162. The Balaban J connectivity index is 1.55. The molecule has 3 aromatic rings. The molecule has 2 heterocycles. The number of aromatic nitrogens is 2. The van der Waals surface area contributed by atoms with Crippen LogP contribution in [0.3, 0.4) is 0 Å². The van der Waals surface area contributed by atoms with Crippen molar-refractivity contribution in [2.24, 2.45) is 0 Å². The van der Waals surface area contributed by atoms with Crippen molar-refractivity contribution in [1.82, 2.24) is 14.9 Å². The van der Waals surface area contributed by atoms with E-state index in [4.69, 9.17) is 4.74 Å². The molecule has 0 saturated carbocycles. The van der Waals surface area contributed by atoms with Crippen LogP contribution in [0.1, 0.15) is 0 Å². The van der Waals surface area contributed by atoms with E-state index in [1.165, 1.54) is 6.33 Å². The Kier molecular flexibility index (Phi) is 5.78. The van der Waals surface area contributed by atoms with Crippen LogP contribution in [-0.2, 0) is 4.74 Å². The number of anilines is 3. The SMILES string of the molecule is O=[N+]([O-])c1c(NCCN2CCOCC2)ncnc1Nc1cccc2ccccc12. The minimum Gasteiger partial charge on any atom is -0.379 e. The molecule has 9 nitrogen and oxygen atoms in total. The third-order valence-electron chi connectivity index (χ3n) is 4.87. The van der Waals surface area contributed by atoms with E-state index in [0.29, 0.717) is 19.8 Å². The number of benzene rings is 2. The number of ether oxygens (including phenoxy) is 1. The summed E-state index contributed by atoms with van der Waals surface area (Å²) in [6, 6.07) is 13.6. The van der Waals surface area contributed by atoms with Crippen molar-refractivity contribution in [1.29, 1.82) is 0 Å². The number of morpholine rings is 1. The summed E-state index contributed by atoms with van der Waals surface area (Å²) in [5.41, 5.74) is 0.589. The minimum atomic E-state index is -0.454. The molecule has 2 N–H and O–H groups in total. The molecule has 0 atom stereocenters. The molecule has 0 amide bonds. The van der Waals surface area contributed by atoms with Gasteiger partial charge in [-0.05, 0) is 11.5 Å². The molecule has 0 spiro atoms. The van der Waals surface area contributed by atoms with E-state index in [1.807, 2.05) is 42.5 Å². The number of hydrogen-bond acceptors (Lipinski definition) is 8. The molecule has 29 heavy (non-hydrogen) atoms. The predicted molar refractivity (Wildman–Crippen MR) is 112 cm³/mol. The van der Waals surface area contributed by atoms with Gasteiger partial charge in [0.1, 0.15) is 6.33 Å². The second kappa shape index (κ2) is 8.80. The molecule has 1 fully saturated rings. The molecule has 1 aromatic heterocycles. The second-order valence-electron chi connectivity index (χ2n) is 6.71. The number of nitrogens with zero attached hydrogens (tertiary/aromatic N) is 4. The quantitative estimate of drug-likeness (QED) is 0.465. The maximum absolute atomic E-state index is 11.8. The fourth-order valence-corrected chi connectivity index (χ4v) is 3.39. The monoisotopic (exact) mass is 394 g/mol. The van der Waals surface area contributed by atoms with E-state index in [0.717, 1.165) is 36.1 Å². The van der Waals surface area contributed by atoms with E-state index in [2.05, 4.69) is 25.5 Å². The lowest BCUT2D eigenvalue weighted by molar-refractivity contribution is -0.383. The van der Waals surface area contributed by atoms with Crippen LogP contribution in [0.5, 0.6) is 0 Å². The Hall–Kier alpha value is -3.30. The van der Waals surface area contributed by atoms with Gasteiger partial charge >= 0.3 is 5.69 Å². The molecule has 150 valence electrons. The normalized spacial score (nSPS) is 14.6. The van der Waals surface area contributed by atoms with Crippen LogP contribution in [0.4, 0.5) is 23.0 Å². The molecule has 9 heteroatoms. The average molecular weight is 394 g/mol. The van der Waals surface area contributed by atoms with Crippen molar-refractivity contribution in [3.05, 3.63) is 58.9 Å². The van der Waals surface area contributed by atoms with E-state index in [9.17, 15) is 10.1 Å². The van der Waals surface area contributed by atoms with Gasteiger partial charge in [0.15, 0.2) is 0 Å². The molecule has 0 radical (unpaired) electrons. The van der Waals surface area contributed by atoms with E-state index < -0.39 is 4.92 Å². The lowest BCUT2D eigenvalue weighted by atomic mass is 10.1. The van der Waals surface area contributed by atoms with Gasteiger partial charge in [0, 0.05) is 37.3 Å². The van der Waals surface area contributed by atoms with E-state index in [1.54, 1.807) is 0 Å². The Bertz CT molecular complexity index is 1000. The average Bonchev–Trinajstić information content (AvgIpc) is 2.75. The fraction of sp³-hybridized carbons (Fsp3) is 0.300. The Morgan fingerprint density at radius 1 is 1.07 bits per heavy atom. The second-order valence-corrected chi connectivity index (χ2v) is 6.71. The number of nitrogens with one attached hydrogen (secondary N) is 2. The first-order valence-electron chi connectivity index (χ1n) is 9.50. The first-order valence-corrected chi connectivity index (χ1v) is 9.50. The molecule has 0 bridgehead atoms. The smallest absolute Gasteiger partial charge is 0.353 e. The first kappa shape index (κ1) is 19.0. The molecular weight excluding hydrogens is 372 g/mol. The van der Waals surface area contributed by atoms with Gasteiger partial charge in [-0.2, -0.15) is 0 Å².